The Kier molecular flexibility index (Phi) is 3.74. The first-order valence-corrected chi connectivity index (χ1v) is 4.67. The highest BCUT2D eigenvalue weighted by molar-refractivity contribution is 5.72. The normalized spacial score (nSPS) is 17.8. The lowest BCUT2D eigenvalue weighted by Gasteiger charge is -2.11. The van der Waals surface area contributed by atoms with Crippen LogP contribution in [0.3, 0.4) is 0 Å². The summed E-state index contributed by atoms with van der Waals surface area (Å²) in [6.45, 7) is 1.90. The van der Waals surface area contributed by atoms with Crippen molar-refractivity contribution in [2.75, 3.05) is 7.11 Å². The van der Waals surface area contributed by atoms with Crippen molar-refractivity contribution < 1.29 is 9.53 Å². The second-order valence-corrected chi connectivity index (χ2v) is 3.39. The van der Waals surface area contributed by atoms with Gasteiger partial charge in [0.05, 0.1) is 13.0 Å². The van der Waals surface area contributed by atoms with Crippen molar-refractivity contribution >= 4 is 5.97 Å². The van der Waals surface area contributed by atoms with Gasteiger partial charge >= 0.3 is 5.97 Å². The Morgan fingerprint density at radius 3 is 2.92 bits per heavy atom. The average Bonchev–Trinajstić information content (AvgIpc) is 2.18. The topological polar surface area (TPSA) is 26.3 Å². The average molecular weight is 180 g/mol. The monoisotopic (exact) mass is 180 g/mol. The fraction of sp³-hybridized carbons (Fsp3) is 0.545. The molecular weight excluding hydrogens is 164 g/mol. The van der Waals surface area contributed by atoms with Crippen LogP contribution in [0.1, 0.15) is 26.2 Å². The van der Waals surface area contributed by atoms with E-state index in [2.05, 4.69) is 23.0 Å². The molecule has 1 atom stereocenters. The number of rotatable bonds is 3. The number of hydrogen-bond acceptors (Lipinski definition) is 2. The van der Waals surface area contributed by atoms with Gasteiger partial charge in [0.15, 0.2) is 0 Å². The molecule has 0 fully saturated rings. The maximum atomic E-state index is 11.1. The van der Waals surface area contributed by atoms with E-state index in [0.29, 0.717) is 0 Å². The molecule has 0 saturated heterocycles. The second-order valence-electron chi connectivity index (χ2n) is 3.39. The fourth-order valence-corrected chi connectivity index (χ4v) is 1.46. The molecule has 0 aromatic heterocycles. The molecule has 0 aliphatic heterocycles. The Labute approximate surface area is 79.3 Å². The maximum Gasteiger partial charge on any atom is 0.308 e. The lowest BCUT2D eigenvalue weighted by Crippen LogP contribution is -2.13. The van der Waals surface area contributed by atoms with Crippen molar-refractivity contribution in [2.24, 2.45) is 5.92 Å². The molecule has 0 N–H and O–H groups in total. The number of hydrogen-bond donors (Lipinski definition) is 0. The zero-order chi connectivity index (χ0) is 9.68. The molecule has 0 saturated carbocycles. The summed E-state index contributed by atoms with van der Waals surface area (Å²) in [7, 11) is 1.43. The minimum Gasteiger partial charge on any atom is -0.469 e. The van der Waals surface area contributed by atoms with Gasteiger partial charge in [-0.1, -0.05) is 30.7 Å². The summed E-state index contributed by atoms with van der Waals surface area (Å²) in [5.41, 5.74) is 1.25. The van der Waals surface area contributed by atoms with Crippen LogP contribution in [0.2, 0.25) is 0 Å². The smallest absolute Gasteiger partial charge is 0.308 e. The summed E-state index contributed by atoms with van der Waals surface area (Å²) in [4.78, 5) is 11.1. The number of allylic oxidation sites excluding steroid dienone is 4. The van der Waals surface area contributed by atoms with E-state index in [1.165, 1.54) is 12.7 Å². The molecule has 0 spiro atoms. The molecule has 1 unspecified atom stereocenters. The highest BCUT2D eigenvalue weighted by Gasteiger charge is 2.14. The van der Waals surface area contributed by atoms with Crippen LogP contribution in [0.25, 0.3) is 0 Å². The third-order valence-electron chi connectivity index (χ3n) is 2.22. The van der Waals surface area contributed by atoms with Crippen LogP contribution < -0.4 is 0 Å². The van der Waals surface area contributed by atoms with Crippen LogP contribution in [0.15, 0.2) is 23.8 Å². The van der Waals surface area contributed by atoms with Crippen molar-refractivity contribution in [3.05, 3.63) is 23.8 Å². The Hall–Kier alpha value is -1.05. The van der Waals surface area contributed by atoms with E-state index in [1.807, 2.05) is 6.92 Å². The van der Waals surface area contributed by atoms with Crippen LogP contribution in [-0.2, 0) is 9.53 Å². The molecule has 72 valence electrons. The van der Waals surface area contributed by atoms with Crippen molar-refractivity contribution in [2.45, 2.75) is 26.2 Å². The fourth-order valence-electron chi connectivity index (χ4n) is 1.46. The molecule has 1 rings (SSSR count). The molecule has 0 radical (unpaired) electrons. The summed E-state index contributed by atoms with van der Waals surface area (Å²) >= 11 is 0. The third kappa shape index (κ3) is 3.05. The predicted molar refractivity (Wildman–Crippen MR) is 52.3 cm³/mol. The molecule has 0 aromatic rings. The molecule has 2 nitrogen and oxygen atoms in total. The Bertz CT molecular complexity index is 238. The SMILES string of the molecule is COC(=O)C(C)CC1=CCCC=C1. The molecule has 1 aliphatic rings. The van der Waals surface area contributed by atoms with Gasteiger partial charge in [0.25, 0.3) is 0 Å². The lowest BCUT2D eigenvalue weighted by atomic mass is 9.97. The summed E-state index contributed by atoms with van der Waals surface area (Å²) in [6.07, 6.45) is 9.46. The predicted octanol–water partition coefficient (Wildman–Crippen LogP) is 2.46. The minimum absolute atomic E-state index is 0.0287. The van der Waals surface area contributed by atoms with E-state index in [1.54, 1.807) is 0 Å². The Morgan fingerprint density at radius 1 is 1.62 bits per heavy atom. The van der Waals surface area contributed by atoms with E-state index < -0.39 is 0 Å². The Balaban J connectivity index is 2.43. The van der Waals surface area contributed by atoms with Gasteiger partial charge in [-0.15, -0.1) is 0 Å². The molecule has 2 heteroatoms. The van der Waals surface area contributed by atoms with Gasteiger partial charge in [0, 0.05) is 0 Å². The van der Waals surface area contributed by atoms with Crippen LogP contribution in [0, 0.1) is 5.92 Å². The third-order valence-corrected chi connectivity index (χ3v) is 2.22. The summed E-state index contributed by atoms with van der Waals surface area (Å²) in [6, 6.07) is 0. The van der Waals surface area contributed by atoms with Gasteiger partial charge < -0.3 is 4.74 Å². The molecule has 0 aromatic carbocycles. The minimum atomic E-state index is -0.125. The van der Waals surface area contributed by atoms with E-state index in [-0.39, 0.29) is 11.9 Å². The van der Waals surface area contributed by atoms with E-state index in [4.69, 9.17) is 0 Å². The van der Waals surface area contributed by atoms with Gasteiger partial charge in [-0.2, -0.15) is 0 Å². The molecule has 0 heterocycles. The van der Waals surface area contributed by atoms with Crippen molar-refractivity contribution in [3.8, 4) is 0 Å². The molecule has 1 aliphatic carbocycles. The van der Waals surface area contributed by atoms with Crippen LogP contribution in [0.4, 0.5) is 0 Å². The highest BCUT2D eigenvalue weighted by Crippen LogP contribution is 2.18. The molecule has 13 heavy (non-hydrogen) atoms. The number of esters is 1. The molecule has 0 bridgehead atoms. The first kappa shape index (κ1) is 10.0. The lowest BCUT2D eigenvalue weighted by molar-refractivity contribution is -0.144. The number of ether oxygens (including phenoxy) is 1. The summed E-state index contributed by atoms with van der Waals surface area (Å²) < 4.78 is 4.66. The highest BCUT2D eigenvalue weighted by atomic mass is 16.5. The van der Waals surface area contributed by atoms with Crippen LogP contribution in [0.5, 0.6) is 0 Å². The first-order valence-electron chi connectivity index (χ1n) is 4.67. The Morgan fingerprint density at radius 2 is 2.38 bits per heavy atom. The van der Waals surface area contributed by atoms with Gasteiger partial charge in [0.2, 0.25) is 0 Å². The van der Waals surface area contributed by atoms with E-state index in [0.717, 1.165) is 19.3 Å². The largest absolute Gasteiger partial charge is 0.469 e. The number of methoxy groups -OCH3 is 1. The van der Waals surface area contributed by atoms with Crippen molar-refractivity contribution in [3.63, 3.8) is 0 Å². The van der Waals surface area contributed by atoms with E-state index in [9.17, 15) is 4.79 Å². The van der Waals surface area contributed by atoms with Crippen LogP contribution in [-0.4, -0.2) is 13.1 Å². The van der Waals surface area contributed by atoms with Crippen molar-refractivity contribution in [1.29, 1.82) is 0 Å². The van der Waals surface area contributed by atoms with Gasteiger partial charge in [-0.25, -0.2) is 0 Å². The van der Waals surface area contributed by atoms with Gasteiger partial charge in [-0.3, -0.25) is 4.79 Å². The van der Waals surface area contributed by atoms with Gasteiger partial charge in [0.1, 0.15) is 0 Å². The zero-order valence-corrected chi connectivity index (χ0v) is 8.25. The first-order chi connectivity index (χ1) is 6.24. The molecule has 0 amide bonds. The zero-order valence-electron chi connectivity index (χ0n) is 8.25. The number of carbonyl (C=O) groups excluding carboxylic acids is 1. The van der Waals surface area contributed by atoms with Crippen LogP contribution >= 0.6 is 0 Å². The maximum absolute atomic E-state index is 11.1. The molecular formula is C11H16O2. The second kappa shape index (κ2) is 4.85. The standard InChI is InChI=1S/C11H16O2/c1-9(11(12)13-2)8-10-6-4-3-5-7-10/h4,6-7,9H,3,5,8H2,1-2H3. The summed E-state index contributed by atoms with van der Waals surface area (Å²) in [5, 5.41) is 0. The van der Waals surface area contributed by atoms with Crippen molar-refractivity contribution in [1.82, 2.24) is 0 Å². The number of carbonyl (C=O) groups is 1. The summed E-state index contributed by atoms with van der Waals surface area (Å²) in [5.74, 6) is -0.154. The quantitative estimate of drug-likeness (QED) is 0.624. The van der Waals surface area contributed by atoms with E-state index >= 15 is 0 Å². The van der Waals surface area contributed by atoms with Gasteiger partial charge in [-0.05, 0) is 19.3 Å².